The first-order valence-electron chi connectivity index (χ1n) is 10.6. The van der Waals surface area contributed by atoms with E-state index < -0.39 is 0 Å². The van der Waals surface area contributed by atoms with Crippen LogP contribution in [0.2, 0.25) is 5.02 Å². The minimum atomic E-state index is -0.221. The quantitative estimate of drug-likeness (QED) is 0.360. The Morgan fingerprint density at radius 2 is 1.55 bits per heavy atom. The van der Waals surface area contributed by atoms with Crippen molar-refractivity contribution in [2.45, 2.75) is 13.0 Å². The molecule has 0 radical (unpaired) electrons. The van der Waals surface area contributed by atoms with Gasteiger partial charge in [0.1, 0.15) is 0 Å². The Morgan fingerprint density at radius 1 is 0.848 bits per heavy atom. The first kappa shape index (κ1) is 20.9. The number of benzene rings is 4. The first-order chi connectivity index (χ1) is 16.1. The summed E-state index contributed by atoms with van der Waals surface area (Å²) in [6, 6.07) is 28.4. The summed E-state index contributed by atoms with van der Waals surface area (Å²) in [5.41, 5.74) is 2.03. The minimum Gasteiger partial charge on any atom is -0.326 e. The number of rotatable bonds is 5. The van der Waals surface area contributed by atoms with Gasteiger partial charge in [-0.3, -0.25) is 9.59 Å². The van der Waals surface area contributed by atoms with Crippen LogP contribution in [0.5, 0.6) is 0 Å². The number of aromatic nitrogens is 2. The topological polar surface area (TPSA) is 64.0 Å². The van der Waals surface area contributed by atoms with Crippen LogP contribution in [0, 0.1) is 0 Å². The maximum absolute atomic E-state index is 13.0. The lowest BCUT2D eigenvalue weighted by Crippen LogP contribution is -2.26. The summed E-state index contributed by atoms with van der Waals surface area (Å²) in [6.07, 6.45) is 0.123. The highest BCUT2D eigenvalue weighted by molar-refractivity contribution is 6.30. The van der Waals surface area contributed by atoms with E-state index in [0.717, 1.165) is 27.4 Å². The Hall–Kier alpha value is -3.96. The Kier molecular flexibility index (Phi) is 5.63. The van der Waals surface area contributed by atoms with Crippen LogP contribution < -0.4 is 10.9 Å². The molecule has 1 aromatic heterocycles. The van der Waals surface area contributed by atoms with E-state index in [1.54, 1.807) is 18.2 Å². The second kappa shape index (κ2) is 8.88. The van der Waals surface area contributed by atoms with Gasteiger partial charge in [0.15, 0.2) is 0 Å². The third-order valence-corrected chi connectivity index (χ3v) is 5.82. The van der Waals surface area contributed by atoms with E-state index in [2.05, 4.69) is 10.4 Å². The molecule has 0 bridgehead atoms. The second-order valence-electron chi connectivity index (χ2n) is 7.79. The van der Waals surface area contributed by atoms with Crippen LogP contribution in [0.25, 0.3) is 32.8 Å². The van der Waals surface area contributed by atoms with Crippen LogP contribution in [-0.2, 0) is 11.3 Å². The molecule has 0 saturated carbocycles. The fraction of sp³-hybridized carbons (Fsp3) is 0.0741. The maximum Gasteiger partial charge on any atom is 0.274 e. The molecular formula is C27H20ClN3O2. The van der Waals surface area contributed by atoms with Crippen molar-refractivity contribution < 1.29 is 4.79 Å². The minimum absolute atomic E-state index is 0.123. The molecule has 0 atom stereocenters. The number of amides is 1. The average molecular weight is 454 g/mol. The van der Waals surface area contributed by atoms with Crippen molar-refractivity contribution in [2.75, 3.05) is 5.32 Å². The number of nitrogens with zero attached hydrogens (tertiary/aromatic N) is 2. The van der Waals surface area contributed by atoms with Gasteiger partial charge in [0.25, 0.3) is 5.56 Å². The largest absolute Gasteiger partial charge is 0.326 e. The molecule has 4 aromatic carbocycles. The van der Waals surface area contributed by atoms with E-state index in [1.165, 1.54) is 4.68 Å². The second-order valence-corrected chi connectivity index (χ2v) is 8.23. The number of aryl methyl sites for hydroxylation is 1. The van der Waals surface area contributed by atoms with Gasteiger partial charge < -0.3 is 5.32 Å². The lowest BCUT2D eigenvalue weighted by molar-refractivity contribution is -0.116. The molecule has 5 nitrogen and oxygen atoms in total. The fourth-order valence-corrected chi connectivity index (χ4v) is 4.03. The maximum atomic E-state index is 13.0. The molecule has 0 aliphatic rings. The van der Waals surface area contributed by atoms with Gasteiger partial charge in [0, 0.05) is 28.1 Å². The third-order valence-electron chi connectivity index (χ3n) is 5.57. The van der Waals surface area contributed by atoms with Gasteiger partial charge in [-0.25, -0.2) is 4.68 Å². The summed E-state index contributed by atoms with van der Waals surface area (Å²) in [4.78, 5) is 25.7. The van der Waals surface area contributed by atoms with Crippen molar-refractivity contribution in [3.8, 4) is 11.3 Å². The highest BCUT2D eigenvalue weighted by Gasteiger charge is 2.13. The van der Waals surface area contributed by atoms with Crippen molar-refractivity contribution >= 4 is 44.7 Å². The summed E-state index contributed by atoms with van der Waals surface area (Å²) in [5, 5.41) is 11.6. The van der Waals surface area contributed by atoms with E-state index >= 15 is 0 Å². The van der Waals surface area contributed by atoms with E-state index in [4.69, 9.17) is 11.6 Å². The van der Waals surface area contributed by atoms with E-state index in [9.17, 15) is 9.59 Å². The van der Waals surface area contributed by atoms with Gasteiger partial charge in [-0.05, 0) is 41.1 Å². The van der Waals surface area contributed by atoms with Gasteiger partial charge in [0.2, 0.25) is 5.91 Å². The molecule has 0 aliphatic heterocycles. The average Bonchev–Trinajstić information content (AvgIpc) is 2.84. The molecule has 5 aromatic rings. The van der Waals surface area contributed by atoms with Gasteiger partial charge in [-0.15, -0.1) is 0 Å². The Labute approximate surface area is 195 Å². The highest BCUT2D eigenvalue weighted by Crippen LogP contribution is 2.26. The summed E-state index contributed by atoms with van der Waals surface area (Å²) >= 11 is 6.04. The summed E-state index contributed by atoms with van der Waals surface area (Å²) in [6.45, 7) is 0.170. The predicted octanol–water partition coefficient (Wildman–Crippen LogP) is 5.90. The fourth-order valence-electron chi connectivity index (χ4n) is 3.91. The Balaban J connectivity index is 1.41. The third kappa shape index (κ3) is 4.36. The molecule has 0 fully saturated rings. The molecule has 162 valence electrons. The molecule has 5 rings (SSSR count). The van der Waals surface area contributed by atoms with Crippen molar-refractivity contribution in [3.63, 3.8) is 0 Å². The van der Waals surface area contributed by atoms with Gasteiger partial charge in [0.05, 0.1) is 17.6 Å². The highest BCUT2D eigenvalue weighted by atomic mass is 35.5. The number of anilines is 1. The number of hydrogen-bond acceptors (Lipinski definition) is 3. The Morgan fingerprint density at radius 3 is 2.33 bits per heavy atom. The lowest BCUT2D eigenvalue weighted by Gasteiger charge is -2.12. The molecule has 0 unspecified atom stereocenters. The van der Waals surface area contributed by atoms with Crippen LogP contribution >= 0.6 is 11.6 Å². The molecule has 33 heavy (non-hydrogen) atoms. The number of halogens is 1. The summed E-state index contributed by atoms with van der Waals surface area (Å²) in [7, 11) is 0. The summed E-state index contributed by atoms with van der Waals surface area (Å²) < 4.78 is 1.37. The number of hydrogen-bond donors (Lipinski definition) is 1. The zero-order chi connectivity index (χ0) is 22.8. The Bertz CT molecular complexity index is 1540. The molecular weight excluding hydrogens is 434 g/mol. The first-order valence-corrected chi connectivity index (χ1v) is 11.0. The number of nitrogens with one attached hydrogen (secondary N) is 1. The van der Waals surface area contributed by atoms with Crippen molar-refractivity contribution in [3.05, 3.63) is 106 Å². The standard InChI is InChI=1S/C27H20ClN3O2/c28-21-12-9-19(10-13-21)26-23-7-3-4-8-24(23)27(33)31(30-26)16-15-25(32)29-22-14-11-18-5-1-2-6-20(18)17-22/h1-14,17H,15-16H2,(H,29,32). The van der Waals surface area contributed by atoms with E-state index in [0.29, 0.717) is 16.1 Å². The van der Waals surface area contributed by atoms with Crippen molar-refractivity contribution in [1.29, 1.82) is 0 Å². The number of fused-ring (bicyclic) bond motifs is 2. The van der Waals surface area contributed by atoms with E-state index in [1.807, 2.05) is 72.8 Å². The molecule has 0 saturated heterocycles. The zero-order valence-electron chi connectivity index (χ0n) is 17.7. The van der Waals surface area contributed by atoms with Gasteiger partial charge >= 0.3 is 0 Å². The molecule has 1 amide bonds. The van der Waals surface area contributed by atoms with Gasteiger partial charge in [-0.1, -0.05) is 72.3 Å². The molecule has 1 heterocycles. The lowest BCUT2D eigenvalue weighted by atomic mass is 10.1. The van der Waals surface area contributed by atoms with Crippen LogP contribution in [0.1, 0.15) is 6.42 Å². The van der Waals surface area contributed by atoms with E-state index in [-0.39, 0.29) is 24.4 Å². The van der Waals surface area contributed by atoms with Crippen LogP contribution in [0.15, 0.2) is 95.8 Å². The normalized spacial score (nSPS) is 11.1. The molecule has 0 spiro atoms. The van der Waals surface area contributed by atoms with Crippen LogP contribution in [-0.4, -0.2) is 15.7 Å². The number of carbonyl (C=O) groups is 1. The van der Waals surface area contributed by atoms with Crippen molar-refractivity contribution in [1.82, 2.24) is 9.78 Å². The SMILES string of the molecule is O=C(CCn1nc(-c2ccc(Cl)cc2)c2ccccc2c1=O)Nc1ccc2ccccc2c1. The smallest absolute Gasteiger partial charge is 0.274 e. The molecule has 0 aliphatic carbocycles. The van der Waals surface area contributed by atoms with Crippen LogP contribution in [0.3, 0.4) is 0 Å². The van der Waals surface area contributed by atoms with Crippen LogP contribution in [0.4, 0.5) is 5.69 Å². The molecule has 6 heteroatoms. The van der Waals surface area contributed by atoms with Crippen molar-refractivity contribution in [2.24, 2.45) is 0 Å². The number of carbonyl (C=O) groups excluding carboxylic acids is 1. The monoisotopic (exact) mass is 453 g/mol. The predicted molar refractivity (Wildman–Crippen MR) is 134 cm³/mol. The zero-order valence-corrected chi connectivity index (χ0v) is 18.4. The summed E-state index contributed by atoms with van der Waals surface area (Å²) in [5.74, 6) is -0.180. The van der Waals surface area contributed by atoms with Gasteiger partial charge in [-0.2, -0.15) is 5.10 Å². The molecule has 1 N–H and O–H groups in total.